The Labute approximate surface area is 203 Å². The van der Waals surface area contributed by atoms with Crippen molar-refractivity contribution in [2.75, 3.05) is 6.54 Å². The van der Waals surface area contributed by atoms with E-state index < -0.39 is 35.8 Å². The van der Waals surface area contributed by atoms with Crippen LogP contribution in [0.25, 0.3) is 0 Å². The Morgan fingerprint density at radius 3 is 2.63 bits per heavy atom. The van der Waals surface area contributed by atoms with E-state index in [2.05, 4.69) is 31.2 Å². The maximum atomic E-state index is 13.3. The second-order valence-corrected chi connectivity index (χ2v) is 8.94. The number of carbonyl (C=O) groups is 4. The van der Waals surface area contributed by atoms with Gasteiger partial charge in [-0.1, -0.05) is 13.8 Å². The standard InChI is InChI=1S/C24H32N6O5/c1-13(2)18-24-30-19(15(4)35-24)23(34)27-14(3)20(31)26-11-6-5-9-17(22(33)29-18)28-21(32)16-8-7-10-25-12-16/h7-8,10,12-14,17-18H,5-6,9,11H2,1-4H3,(H,26,31)(H,27,34)(H,28,32)(H,29,33)/t14-,17+,18+/m1/s1. The molecule has 4 amide bonds. The minimum absolute atomic E-state index is 0.0491. The van der Waals surface area contributed by atoms with Crippen LogP contribution in [-0.2, 0) is 9.59 Å². The van der Waals surface area contributed by atoms with Crippen LogP contribution in [0.2, 0.25) is 0 Å². The maximum absolute atomic E-state index is 13.3. The Bertz CT molecular complexity index is 1070. The summed E-state index contributed by atoms with van der Waals surface area (Å²) < 4.78 is 5.75. The summed E-state index contributed by atoms with van der Waals surface area (Å²) in [6, 6.07) is 1.04. The third-order valence-corrected chi connectivity index (χ3v) is 5.76. The van der Waals surface area contributed by atoms with Gasteiger partial charge in [0.15, 0.2) is 5.69 Å². The van der Waals surface area contributed by atoms with Gasteiger partial charge in [0.25, 0.3) is 11.8 Å². The summed E-state index contributed by atoms with van der Waals surface area (Å²) in [6.07, 6.45) is 4.51. The molecule has 0 radical (unpaired) electrons. The molecule has 1 aliphatic heterocycles. The molecule has 0 spiro atoms. The van der Waals surface area contributed by atoms with Crippen LogP contribution in [0.4, 0.5) is 0 Å². The molecule has 4 N–H and O–H groups in total. The Morgan fingerprint density at radius 2 is 1.94 bits per heavy atom. The third kappa shape index (κ3) is 6.65. The van der Waals surface area contributed by atoms with E-state index in [1.807, 2.05) is 13.8 Å². The van der Waals surface area contributed by atoms with Gasteiger partial charge >= 0.3 is 0 Å². The Morgan fingerprint density at radius 1 is 1.17 bits per heavy atom. The molecule has 0 fully saturated rings. The highest BCUT2D eigenvalue weighted by atomic mass is 16.4. The quantitative estimate of drug-likeness (QED) is 0.513. The summed E-state index contributed by atoms with van der Waals surface area (Å²) in [5.74, 6) is -1.34. The largest absolute Gasteiger partial charge is 0.443 e. The van der Waals surface area contributed by atoms with Crippen LogP contribution in [0.5, 0.6) is 0 Å². The number of hydrogen-bond donors (Lipinski definition) is 4. The maximum Gasteiger partial charge on any atom is 0.274 e. The lowest BCUT2D eigenvalue weighted by atomic mass is 10.0. The zero-order chi connectivity index (χ0) is 25.5. The van der Waals surface area contributed by atoms with Crippen molar-refractivity contribution in [2.24, 2.45) is 5.92 Å². The van der Waals surface area contributed by atoms with Crippen molar-refractivity contribution in [1.29, 1.82) is 0 Å². The van der Waals surface area contributed by atoms with Crippen LogP contribution < -0.4 is 21.3 Å². The van der Waals surface area contributed by atoms with Gasteiger partial charge in [0, 0.05) is 18.9 Å². The SMILES string of the molecule is Cc1oc2nc1C(=O)N[C@H](C)C(=O)NCCCC[C@H](NC(=O)c1cccnc1)C(=O)N[C@H]2C(C)C. The lowest BCUT2D eigenvalue weighted by Gasteiger charge is -2.24. The van der Waals surface area contributed by atoms with Crippen LogP contribution in [0.15, 0.2) is 28.9 Å². The number of carbonyl (C=O) groups excluding carboxylic acids is 4. The summed E-state index contributed by atoms with van der Waals surface area (Å²) in [7, 11) is 0. The summed E-state index contributed by atoms with van der Waals surface area (Å²) >= 11 is 0. The highest BCUT2D eigenvalue weighted by Crippen LogP contribution is 2.24. The first-order chi connectivity index (χ1) is 16.7. The number of hydrogen-bond acceptors (Lipinski definition) is 7. The first kappa shape index (κ1) is 25.9. The molecule has 0 aromatic carbocycles. The molecule has 11 nitrogen and oxygen atoms in total. The van der Waals surface area contributed by atoms with Gasteiger partial charge in [-0.05, 0) is 51.2 Å². The fourth-order valence-electron chi connectivity index (χ4n) is 3.70. The van der Waals surface area contributed by atoms with Crippen LogP contribution in [0.3, 0.4) is 0 Å². The van der Waals surface area contributed by atoms with Gasteiger partial charge in [0.05, 0.1) is 5.56 Å². The van der Waals surface area contributed by atoms with Crippen LogP contribution in [-0.4, -0.2) is 52.2 Å². The zero-order valence-corrected chi connectivity index (χ0v) is 20.4. The van der Waals surface area contributed by atoms with E-state index in [9.17, 15) is 19.2 Å². The molecular weight excluding hydrogens is 452 g/mol. The second-order valence-electron chi connectivity index (χ2n) is 8.94. The average Bonchev–Trinajstić information content (AvgIpc) is 3.22. The molecule has 0 aliphatic carbocycles. The summed E-state index contributed by atoms with van der Waals surface area (Å²) in [5, 5.41) is 11.1. The van der Waals surface area contributed by atoms with Gasteiger partial charge in [-0.2, -0.15) is 0 Å². The molecular formula is C24H32N6O5. The number of nitrogens with one attached hydrogen (secondary N) is 4. The summed E-state index contributed by atoms with van der Waals surface area (Å²) in [6.45, 7) is 7.33. The first-order valence-corrected chi connectivity index (χ1v) is 11.7. The predicted molar refractivity (Wildman–Crippen MR) is 126 cm³/mol. The van der Waals surface area contributed by atoms with Crippen molar-refractivity contribution in [3.63, 3.8) is 0 Å². The number of rotatable bonds is 3. The number of aryl methyl sites for hydroxylation is 1. The van der Waals surface area contributed by atoms with E-state index >= 15 is 0 Å². The number of amides is 4. The first-order valence-electron chi connectivity index (χ1n) is 11.7. The van der Waals surface area contributed by atoms with Crippen LogP contribution in [0, 0.1) is 12.8 Å². The number of fused-ring (bicyclic) bond motifs is 2. The molecule has 3 rings (SSSR count). The molecule has 188 valence electrons. The summed E-state index contributed by atoms with van der Waals surface area (Å²) in [5.41, 5.74) is 0.390. The molecule has 2 bridgehead atoms. The second kappa shape index (κ2) is 11.6. The fourth-order valence-corrected chi connectivity index (χ4v) is 3.70. The highest BCUT2D eigenvalue weighted by molar-refractivity contribution is 5.98. The van der Waals surface area contributed by atoms with Gasteiger partial charge < -0.3 is 25.7 Å². The molecule has 1 aliphatic rings. The van der Waals surface area contributed by atoms with Crippen molar-refractivity contribution in [2.45, 2.75) is 65.1 Å². The highest BCUT2D eigenvalue weighted by Gasteiger charge is 2.31. The van der Waals surface area contributed by atoms with Crippen molar-refractivity contribution in [3.05, 3.63) is 47.4 Å². The minimum atomic E-state index is -0.828. The van der Waals surface area contributed by atoms with E-state index in [1.165, 1.54) is 6.20 Å². The Hall–Kier alpha value is -3.76. The number of oxazole rings is 1. The Kier molecular flexibility index (Phi) is 8.56. The molecule has 0 saturated carbocycles. The number of pyridine rings is 1. The van der Waals surface area contributed by atoms with E-state index in [1.54, 1.807) is 32.2 Å². The van der Waals surface area contributed by atoms with Gasteiger partial charge in [-0.15, -0.1) is 0 Å². The molecule has 2 aromatic heterocycles. The van der Waals surface area contributed by atoms with E-state index in [0.717, 1.165) is 0 Å². The molecule has 35 heavy (non-hydrogen) atoms. The average molecular weight is 485 g/mol. The van der Waals surface area contributed by atoms with Crippen LogP contribution in [0.1, 0.15) is 78.6 Å². The molecule has 0 saturated heterocycles. The van der Waals surface area contributed by atoms with Gasteiger partial charge in [-0.25, -0.2) is 4.98 Å². The smallest absolute Gasteiger partial charge is 0.274 e. The molecule has 2 aromatic rings. The normalized spacial score (nSPS) is 22.2. The van der Waals surface area contributed by atoms with Crippen molar-refractivity contribution in [3.8, 4) is 0 Å². The minimum Gasteiger partial charge on any atom is -0.443 e. The van der Waals surface area contributed by atoms with Crippen LogP contribution >= 0.6 is 0 Å². The monoisotopic (exact) mass is 484 g/mol. The molecule has 11 heteroatoms. The molecule has 0 unspecified atom stereocenters. The molecule has 3 atom stereocenters. The summed E-state index contributed by atoms with van der Waals surface area (Å²) in [4.78, 5) is 59.4. The Balaban J connectivity index is 1.89. The van der Waals surface area contributed by atoms with E-state index in [4.69, 9.17) is 4.42 Å². The predicted octanol–water partition coefficient (Wildman–Crippen LogP) is 1.41. The van der Waals surface area contributed by atoms with Crippen molar-refractivity contribution < 1.29 is 23.6 Å². The topological polar surface area (TPSA) is 155 Å². The van der Waals surface area contributed by atoms with Crippen molar-refractivity contribution in [1.82, 2.24) is 31.2 Å². The van der Waals surface area contributed by atoms with Crippen molar-refractivity contribution >= 4 is 23.6 Å². The number of aromatic nitrogens is 2. The lowest BCUT2D eigenvalue weighted by molar-refractivity contribution is -0.124. The third-order valence-electron chi connectivity index (χ3n) is 5.76. The van der Waals surface area contributed by atoms with E-state index in [-0.39, 0.29) is 29.2 Å². The zero-order valence-electron chi connectivity index (χ0n) is 20.4. The van der Waals surface area contributed by atoms with E-state index in [0.29, 0.717) is 31.4 Å². The van der Waals surface area contributed by atoms with Gasteiger partial charge in [0.1, 0.15) is 23.9 Å². The fraction of sp³-hybridized carbons (Fsp3) is 0.500. The van der Waals surface area contributed by atoms with Gasteiger partial charge in [0.2, 0.25) is 17.7 Å². The lowest BCUT2D eigenvalue weighted by Crippen LogP contribution is -2.48. The number of nitrogens with zero attached hydrogens (tertiary/aromatic N) is 2. The van der Waals surface area contributed by atoms with Gasteiger partial charge in [-0.3, -0.25) is 24.2 Å². The molecule has 3 heterocycles.